The number of aromatic nitrogens is 1. The van der Waals surface area contributed by atoms with Gasteiger partial charge in [0.25, 0.3) is 0 Å². The van der Waals surface area contributed by atoms with Crippen LogP contribution in [0.3, 0.4) is 0 Å². The van der Waals surface area contributed by atoms with Crippen molar-refractivity contribution in [2.75, 3.05) is 5.75 Å². The molecule has 1 aromatic heterocycles. The van der Waals surface area contributed by atoms with Crippen molar-refractivity contribution in [3.8, 4) is 12.1 Å². The molecule has 1 rings (SSSR count). The average Bonchev–Trinajstić information content (AvgIpc) is 2.19. The van der Waals surface area contributed by atoms with Crippen LogP contribution in [-0.4, -0.2) is 10.7 Å². The number of rotatable bonds is 3. The minimum absolute atomic E-state index is 0.520. The summed E-state index contributed by atoms with van der Waals surface area (Å²) >= 11 is 1.52. The van der Waals surface area contributed by atoms with Crippen LogP contribution < -0.4 is 0 Å². The van der Waals surface area contributed by atoms with Crippen LogP contribution >= 0.6 is 11.8 Å². The van der Waals surface area contributed by atoms with Gasteiger partial charge in [-0.3, -0.25) is 0 Å². The van der Waals surface area contributed by atoms with E-state index in [4.69, 9.17) is 10.5 Å². The van der Waals surface area contributed by atoms with Crippen molar-refractivity contribution >= 4 is 11.8 Å². The molecule has 1 heterocycles. The van der Waals surface area contributed by atoms with E-state index in [1.165, 1.54) is 18.0 Å². The van der Waals surface area contributed by atoms with E-state index in [-0.39, 0.29) is 0 Å². The molecular weight excluding hydrogens is 182 g/mol. The van der Waals surface area contributed by atoms with Crippen LogP contribution in [-0.2, 0) is 0 Å². The molecule has 0 aromatic carbocycles. The molecule has 13 heavy (non-hydrogen) atoms. The Labute approximate surface area is 81.0 Å². The Balaban J connectivity index is 2.52. The van der Waals surface area contributed by atoms with E-state index in [0.717, 1.165) is 10.8 Å². The van der Waals surface area contributed by atoms with Crippen LogP contribution in [0.1, 0.15) is 12.0 Å². The smallest absolute Gasteiger partial charge is 0.101 e. The van der Waals surface area contributed by atoms with Crippen LogP contribution in [0, 0.1) is 22.7 Å². The lowest BCUT2D eigenvalue weighted by Gasteiger charge is -1.96. The Kier molecular flexibility index (Phi) is 3.81. The van der Waals surface area contributed by atoms with Gasteiger partial charge in [-0.15, -0.1) is 11.8 Å². The molecule has 0 unspecified atom stereocenters. The lowest BCUT2D eigenvalue weighted by Crippen LogP contribution is -1.83. The van der Waals surface area contributed by atoms with Crippen molar-refractivity contribution in [3.05, 3.63) is 23.9 Å². The first-order valence-corrected chi connectivity index (χ1v) is 4.71. The van der Waals surface area contributed by atoms with Crippen LogP contribution in [0.5, 0.6) is 0 Å². The van der Waals surface area contributed by atoms with Gasteiger partial charge in [-0.2, -0.15) is 10.5 Å². The largest absolute Gasteiger partial charge is 0.249 e. The molecule has 0 saturated heterocycles. The third-order valence-corrected chi connectivity index (χ3v) is 2.27. The Bertz CT molecular complexity index is 345. The molecule has 64 valence electrons. The van der Waals surface area contributed by atoms with Gasteiger partial charge in [0.1, 0.15) is 6.07 Å². The molecule has 0 saturated carbocycles. The number of pyridine rings is 1. The summed E-state index contributed by atoms with van der Waals surface area (Å²) in [6.07, 6.45) is 2.06. The molecule has 0 N–H and O–H groups in total. The maximum Gasteiger partial charge on any atom is 0.101 e. The van der Waals surface area contributed by atoms with Crippen LogP contribution in [0.2, 0.25) is 0 Å². The molecule has 0 fully saturated rings. The predicted molar refractivity (Wildman–Crippen MR) is 49.9 cm³/mol. The summed E-state index contributed by atoms with van der Waals surface area (Å²) in [5.74, 6) is 0.745. The second-order valence-electron chi connectivity index (χ2n) is 2.25. The topological polar surface area (TPSA) is 60.5 Å². The van der Waals surface area contributed by atoms with Crippen molar-refractivity contribution in [2.24, 2.45) is 0 Å². The van der Waals surface area contributed by atoms with E-state index in [1.807, 2.05) is 6.07 Å². The van der Waals surface area contributed by atoms with E-state index < -0.39 is 0 Å². The van der Waals surface area contributed by atoms with E-state index in [9.17, 15) is 0 Å². The molecule has 0 aliphatic heterocycles. The van der Waals surface area contributed by atoms with Gasteiger partial charge in [0, 0.05) is 18.4 Å². The fourth-order valence-electron chi connectivity index (χ4n) is 0.733. The highest BCUT2D eigenvalue weighted by atomic mass is 32.2. The second-order valence-corrected chi connectivity index (χ2v) is 3.37. The van der Waals surface area contributed by atoms with Gasteiger partial charge in [0.2, 0.25) is 0 Å². The minimum atomic E-state index is 0.520. The summed E-state index contributed by atoms with van der Waals surface area (Å²) in [4.78, 5) is 4.05. The van der Waals surface area contributed by atoms with Crippen molar-refractivity contribution < 1.29 is 0 Å². The zero-order valence-electron chi connectivity index (χ0n) is 6.90. The molecule has 0 aliphatic carbocycles. The summed E-state index contributed by atoms with van der Waals surface area (Å²) in [6.45, 7) is 0. The van der Waals surface area contributed by atoms with Gasteiger partial charge in [-0.25, -0.2) is 4.98 Å². The summed E-state index contributed by atoms with van der Waals surface area (Å²) in [5, 5.41) is 17.7. The summed E-state index contributed by atoms with van der Waals surface area (Å²) in [5.41, 5.74) is 0.560. The molecule has 1 aromatic rings. The average molecular weight is 189 g/mol. The first-order valence-electron chi connectivity index (χ1n) is 3.72. The van der Waals surface area contributed by atoms with E-state index >= 15 is 0 Å². The van der Waals surface area contributed by atoms with Gasteiger partial charge >= 0.3 is 0 Å². The normalized spacial score (nSPS) is 8.77. The molecule has 0 radical (unpaired) electrons. The van der Waals surface area contributed by atoms with E-state index in [1.54, 1.807) is 12.1 Å². The maximum atomic E-state index is 8.50. The monoisotopic (exact) mass is 189 g/mol. The quantitative estimate of drug-likeness (QED) is 0.538. The SMILES string of the molecule is N#CCCSc1ccc(C#N)cn1. The highest BCUT2D eigenvalue weighted by Crippen LogP contribution is 2.15. The number of hydrogen-bond donors (Lipinski definition) is 0. The minimum Gasteiger partial charge on any atom is -0.249 e. The fraction of sp³-hybridized carbons (Fsp3) is 0.222. The Morgan fingerprint density at radius 3 is 2.77 bits per heavy atom. The zero-order valence-corrected chi connectivity index (χ0v) is 7.71. The summed E-state index contributed by atoms with van der Waals surface area (Å²) < 4.78 is 0. The van der Waals surface area contributed by atoms with E-state index in [2.05, 4.69) is 11.1 Å². The molecule has 0 bridgehead atoms. The molecule has 0 amide bonds. The third-order valence-electron chi connectivity index (χ3n) is 1.33. The Morgan fingerprint density at radius 2 is 2.23 bits per heavy atom. The second kappa shape index (κ2) is 5.18. The Morgan fingerprint density at radius 1 is 1.38 bits per heavy atom. The lowest BCUT2D eigenvalue weighted by molar-refractivity contribution is 1.12. The first kappa shape index (κ1) is 9.57. The molecule has 3 nitrogen and oxygen atoms in total. The number of thioether (sulfide) groups is 1. The van der Waals surface area contributed by atoms with Gasteiger partial charge in [0.15, 0.2) is 0 Å². The number of hydrogen-bond acceptors (Lipinski definition) is 4. The fourth-order valence-corrected chi connectivity index (χ4v) is 1.43. The molecule has 4 heteroatoms. The van der Waals surface area contributed by atoms with Gasteiger partial charge < -0.3 is 0 Å². The number of nitrogens with zero attached hydrogens (tertiary/aromatic N) is 3. The maximum absolute atomic E-state index is 8.50. The highest BCUT2D eigenvalue weighted by molar-refractivity contribution is 7.99. The van der Waals surface area contributed by atoms with Crippen LogP contribution in [0.15, 0.2) is 23.4 Å². The summed E-state index contributed by atoms with van der Waals surface area (Å²) in [7, 11) is 0. The van der Waals surface area contributed by atoms with Gasteiger partial charge in [-0.05, 0) is 12.1 Å². The third kappa shape index (κ3) is 3.14. The van der Waals surface area contributed by atoms with Crippen molar-refractivity contribution in [1.82, 2.24) is 4.98 Å². The molecule has 0 spiro atoms. The molecular formula is C9H7N3S. The molecule has 0 aliphatic rings. The predicted octanol–water partition coefficient (Wildman–Crippen LogP) is 1.96. The van der Waals surface area contributed by atoms with Crippen molar-refractivity contribution in [2.45, 2.75) is 11.4 Å². The van der Waals surface area contributed by atoms with Crippen molar-refractivity contribution in [3.63, 3.8) is 0 Å². The van der Waals surface area contributed by atoms with E-state index in [0.29, 0.717) is 12.0 Å². The lowest BCUT2D eigenvalue weighted by atomic mass is 10.3. The standard InChI is InChI=1S/C9H7N3S/c10-4-1-5-13-9-3-2-8(6-11)7-12-9/h2-3,7H,1,5H2. The first-order chi connectivity index (χ1) is 6.36. The Hall–Kier alpha value is -1.52. The van der Waals surface area contributed by atoms with Crippen molar-refractivity contribution in [1.29, 1.82) is 10.5 Å². The van der Waals surface area contributed by atoms with Gasteiger partial charge in [-0.1, -0.05) is 0 Å². The number of nitriles is 2. The molecule has 0 atom stereocenters. The zero-order chi connectivity index (χ0) is 9.52. The van der Waals surface area contributed by atoms with Crippen LogP contribution in [0.4, 0.5) is 0 Å². The van der Waals surface area contributed by atoms with Gasteiger partial charge in [0.05, 0.1) is 16.7 Å². The highest BCUT2D eigenvalue weighted by Gasteiger charge is 1.95. The summed E-state index contributed by atoms with van der Waals surface area (Å²) in [6, 6.07) is 7.57. The van der Waals surface area contributed by atoms with Crippen LogP contribution in [0.25, 0.3) is 0 Å².